The summed E-state index contributed by atoms with van der Waals surface area (Å²) in [6, 6.07) is 2.70. The summed E-state index contributed by atoms with van der Waals surface area (Å²) in [5.74, 6) is -0.174. The quantitative estimate of drug-likeness (QED) is 0.387. The standard InChI is InChI=1S/C12H10ClF4IN2/c1-6(13)11-19-9-5-8(18)7(14)4-10(9)20(11)3-2-12(15,16)17/h4-6H,2-3H2,1H3. The van der Waals surface area contributed by atoms with Crippen molar-refractivity contribution in [3.05, 3.63) is 27.3 Å². The van der Waals surface area contributed by atoms with Crippen LogP contribution in [0.1, 0.15) is 24.5 Å². The molecule has 0 aliphatic heterocycles. The number of nitrogens with zero attached hydrogens (tertiary/aromatic N) is 2. The first-order chi connectivity index (χ1) is 9.19. The molecule has 2 rings (SSSR count). The van der Waals surface area contributed by atoms with Crippen LogP contribution in [0.15, 0.2) is 12.1 Å². The Morgan fingerprint density at radius 3 is 2.60 bits per heavy atom. The fraction of sp³-hybridized carbons (Fsp3) is 0.417. The van der Waals surface area contributed by atoms with Crippen molar-refractivity contribution in [2.45, 2.75) is 31.4 Å². The van der Waals surface area contributed by atoms with Gasteiger partial charge in [0.25, 0.3) is 0 Å². The van der Waals surface area contributed by atoms with Crippen molar-refractivity contribution >= 4 is 45.2 Å². The summed E-state index contributed by atoms with van der Waals surface area (Å²) in [6.45, 7) is 1.29. The third kappa shape index (κ3) is 3.36. The Balaban J connectivity index is 2.53. The Labute approximate surface area is 131 Å². The molecule has 0 aliphatic carbocycles. The number of aryl methyl sites for hydroxylation is 1. The minimum Gasteiger partial charge on any atom is -0.326 e. The number of halogens is 6. The summed E-state index contributed by atoms with van der Waals surface area (Å²) in [4.78, 5) is 4.21. The number of benzene rings is 1. The summed E-state index contributed by atoms with van der Waals surface area (Å²) in [5, 5.41) is -0.559. The minimum absolute atomic E-state index is 0.312. The molecule has 1 unspecified atom stereocenters. The molecule has 0 amide bonds. The number of rotatable bonds is 3. The Morgan fingerprint density at radius 1 is 1.40 bits per heavy atom. The first kappa shape index (κ1) is 15.8. The second kappa shape index (κ2) is 5.67. The van der Waals surface area contributed by atoms with Gasteiger partial charge in [-0.2, -0.15) is 13.2 Å². The highest BCUT2D eigenvalue weighted by atomic mass is 127. The van der Waals surface area contributed by atoms with Crippen molar-refractivity contribution in [2.75, 3.05) is 0 Å². The first-order valence-electron chi connectivity index (χ1n) is 5.75. The van der Waals surface area contributed by atoms with Crippen LogP contribution < -0.4 is 0 Å². The molecule has 0 bridgehead atoms. The van der Waals surface area contributed by atoms with E-state index in [2.05, 4.69) is 4.98 Å². The van der Waals surface area contributed by atoms with Crippen molar-refractivity contribution in [2.24, 2.45) is 0 Å². The molecule has 1 atom stereocenters. The molecule has 0 radical (unpaired) electrons. The van der Waals surface area contributed by atoms with Crippen molar-refractivity contribution in [3.8, 4) is 0 Å². The molecule has 0 saturated heterocycles. The van der Waals surface area contributed by atoms with Crippen molar-refractivity contribution in [3.63, 3.8) is 0 Å². The molecule has 1 aromatic heterocycles. The second-order valence-corrected chi connectivity index (χ2v) is 6.17. The van der Waals surface area contributed by atoms with E-state index in [1.807, 2.05) is 22.6 Å². The highest BCUT2D eigenvalue weighted by molar-refractivity contribution is 14.1. The molecular formula is C12H10ClF4IN2. The van der Waals surface area contributed by atoms with Gasteiger partial charge in [-0.15, -0.1) is 11.6 Å². The van der Waals surface area contributed by atoms with E-state index in [0.717, 1.165) is 0 Å². The van der Waals surface area contributed by atoms with E-state index >= 15 is 0 Å². The zero-order valence-electron chi connectivity index (χ0n) is 10.3. The Bertz CT molecular complexity index is 636. The molecule has 2 nitrogen and oxygen atoms in total. The predicted octanol–water partition coefficient (Wildman–Crippen LogP) is 5.03. The van der Waals surface area contributed by atoms with Gasteiger partial charge in [0.05, 0.1) is 26.4 Å². The van der Waals surface area contributed by atoms with Gasteiger partial charge in [0, 0.05) is 12.6 Å². The second-order valence-electron chi connectivity index (χ2n) is 4.36. The first-order valence-corrected chi connectivity index (χ1v) is 7.26. The zero-order valence-corrected chi connectivity index (χ0v) is 13.2. The summed E-state index contributed by atoms with van der Waals surface area (Å²) in [6.07, 6.45) is -5.30. The number of hydrogen-bond donors (Lipinski definition) is 0. The van der Waals surface area contributed by atoms with Crippen LogP contribution in [0.4, 0.5) is 17.6 Å². The average Bonchev–Trinajstić information content (AvgIpc) is 2.64. The smallest absolute Gasteiger partial charge is 0.326 e. The summed E-state index contributed by atoms with van der Waals surface area (Å²) in [5.41, 5.74) is 0.773. The van der Waals surface area contributed by atoms with E-state index in [4.69, 9.17) is 11.6 Å². The van der Waals surface area contributed by atoms with Gasteiger partial charge in [0.15, 0.2) is 0 Å². The molecule has 2 aromatic rings. The highest BCUT2D eigenvalue weighted by Gasteiger charge is 2.28. The molecule has 0 fully saturated rings. The molecule has 20 heavy (non-hydrogen) atoms. The van der Waals surface area contributed by atoms with Gasteiger partial charge < -0.3 is 4.57 Å². The Morgan fingerprint density at radius 2 is 2.05 bits per heavy atom. The van der Waals surface area contributed by atoms with Gasteiger partial charge in [-0.3, -0.25) is 0 Å². The summed E-state index contributed by atoms with van der Waals surface area (Å²) in [7, 11) is 0. The third-order valence-corrected chi connectivity index (χ3v) is 3.82. The zero-order chi connectivity index (χ0) is 15.1. The maximum Gasteiger partial charge on any atom is 0.390 e. The van der Waals surface area contributed by atoms with Gasteiger partial charge in [-0.1, -0.05) is 0 Å². The largest absolute Gasteiger partial charge is 0.390 e. The lowest BCUT2D eigenvalue weighted by Crippen LogP contribution is -2.14. The lowest BCUT2D eigenvalue weighted by atomic mass is 10.3. The molecule has 0 aliphatic rings. The van der Waals surface area contributed by atoms with Crippen LogP contribution in [-0.2, 0) is 6.54 Å². The lowest BCUT2D eigenvalue weighted by Gasteiger charge is -2.12. The van der Waals surface area contributed by atoms with Crippen LogP contribution in [0, 0.1) is 9.39 Å². The number of hydrogen-bond acceptors (Lipinski definition) is 1. The Kier molecular flexibility index (Phi) is 4.48. The highest BCUT2D eigenvalue weighted by Crippen LogP contribution is 2.29. The Hall–Kier alpha value is -0.570. The molecule has 1 heterocycles. The SMILES string of the molecule is CC(Cl)c1nc2cc(I)c(F)cc2n1CCC(F)(F)F. The van der Waals surface area contributed by atoms with Crippen molar-refractivity contribution < 1.29 is 17.6 Å². The molecule has 0 spiro atoms. The van der Waals surface area contributed by atoms with Crippen LogP contribution in [0.5, 0.6) is 0 Å². The normalized spacial score (nSPS) is 13.9. The van der Waals surface area contributed by atoms with Gasteiger partial charge >= 0.3 is 6.18 Å². The molecule has 1 aromatic carbocycles. The third-order valence-electron chi connectivity index (χ3n) is 2.79. The predicted molar refractivity (Wildman–Crippen MR) is 77.3 cm³/mol. The van der Waals surface area contributed by atoms with E-state index in [9.17, 15) is 17.6 Å². The van der Waals surface area contributed by atoms with E-state index < -0.39 is 23.8 Å². The monoisotopic (exact) mass is 420 g/mol. The fourth-order valence-corrected chi connectivity index (χ4v) is 2.53. The van der Waals surface area contributed by atoms with E-state index in [0.29, 0.717) is 20.4 Å². The fourth-order valence-electron chi connectivity index (χ4n) is 1.92. The van der Waals surface area contributed by atoms with Crippen molar-refractivity contribution in [1.29, 1.82) is 0 Å². The van der Waals surface area contributed by atoms with E-state index in [1.54, 1.807) is 6.92 Å². The van der Waals surface area contributed by atoms with Crippen LogP contribution in [-0.4, -0.2) is 15.7 Å². The maximum absolute atomic E-state index is 13.6. The summed E-state index contributed by atoms with van der Waals surface area (Å²) < 4.78 is 52.5. The van der Waals surface area contributed by atoms with Gasteiger partial charge in [0.2, 0.25) is 0 Å². The summed E-state index contributed by atoms with van der Waals surface area (Å²) >= 11 is 7.76. The molecular weight excluding hydrogens is 410 g/mol. The van der Waals surface area contributed by atoms with Crippen LogP contribution >= 0.6 is 34.2 Å². The van der Waals surface area contributed by atoms with E-state index in [1.165, 1.54) is 16.7 Å². The molecule has 0 N–H and O–H groups in total. The van der Waals surface area contributed by atoms with Gasteiger partial charge in [0.1, 0.15) is 11.6 Å². The molecule has 110 valence electrons. The number of imidazole rings is 1. The van der Waals surface area contributed by atoms with Crippen LogP contribution in [0.3, 0.4) is 0 Å². The van der Waals surface area contributed by atoms with Gasteiger partial charge in [-0.25, -0.2) is 9.37 Å². The molecule has 8 heteroatoms. The number of alkyl halides is 4. The maximum atomic E-state index is 13.6. The topological polar surface area (TPSA) is 17.8 Å². The minimum atomic E-state index is -4.29. The number of fused-ring (bicyclic) bond motifs is 1. The average molecular weight is 421 g/mol. The van der Waals surface area contributed by atoms with Crippen LogP contribution in [0.25, 0.3) is 11.0 Å². The molecule has 0 saturated carbocycles. The van der Waals surface area contributed by atoms with Crippen LogP contribution in [0.2, 0.25) is 0 Å². The number of aromatic nitrogens is 2. The van der Waals surface area contributed by atoms with Crippen molar-refractivity contribution in [1.82, 2.24) is 9.55 Å². The van der Waals surface area contributed by atoms with E-state index in [-0.39, 0.29) is 6.54 Å². The lowest BCUT2D eigenvalue weighted by molar-refractivity contribution is -0.136. The van der Waals surface area contributed by atoms with Gasteiger partial charge in [-0.05, 0) is 35.6 Å².